The van der Waals surface area contributed by atoms with Crippen molar-refractivity contribution >= 4 is 0 Å². The van der Waals surface area contributed by atoms with Crippen molar-refractivity contribution in [2.24, 2.45) is 5.41 Å². The number of alkyl halides is 1. The van der Waals surface area contributed by atoms with Gasteiger partial charge in [0.05, 0.1) is 0 Å². The first-order chi connectivity index (χ1) is 14.3. The van der Waals surface area contributed by atoms with Crippen LogP contribution in [0.5, 0.6) is 5.75 Å². The minimum Gasteiger partial charge on any atom is -0.458 e. The first-order valence-electron chi connectivity index (χ1n) is 10.1. The van der Waals surface area contributed by atoms with Crippen molar-refractivity contribution < 1.29 is 18.6 Å². The lowest BCUT2D eigenvalue weighted by Gasteiger charge is -2.41. The van der Waals surface area contributed by atoms with Gasteiger partial charge in [-0.1, -0.05) is 39.0 Å². The Kier molecular flexibility index (Phi) is 5.89. The maximum absolute atomic E-state index is 14.8. The Morgan fingerprint density at radius 3 is 2.10 bits per heavy atom. The van der Waals surface area contributed by atoms with Crippen molar-refractivity contribution in [1.29, 1.82) is 0 Å². The van der Waals surface area contributed by atoms with Crippen molar-refractivity contribution in [3.8, 4) is 16.9 Å². The first kappa shape index (κ1) is 22.8. The summed E-state index contributed by atoms with van der Waals surface area (Å²) < 4.78 is 33.6. The number of aromatic nitrogens is 2. The fourth-order valence-corrected chi connectivity index (χ4v) is 3.79. The van der Waals surface area contributed by atoms with E-state index in [2.05, 4.69) is 9.97 Å². The molecule has 0 saturated carbocycles. The van der Waals surface area contributed by atoms with E-state index < -0.39 is 22.7 Å². The third kappa shape index (κ3) is 4.59. The molecule has 1 atom stereocenters. The predicted molar refractivity (Wildman–Crippen MR) is 117 cm³/mol. The number of ether oxygens (including phenoxy) is 1. The summed E-state index contributed by atoms with van der Waals surface area (Å²) in [6, 6.07) is 9.67. The molecule has 1 aromatic heterocycles. The van der Waals surface area contributed by atoms with Crippen molar-refractivity contribution in [3.63, 3.8) is 0 Å². The van der Waals surface area contributed by atoms with Gasteiger partial charge < -0.3 is 9.84 Å². The number of hydrogen-bond donors (Lipinski definition) is 1. The van der Waals surface area contributed by atoms with Gasteiger partial charge >= 0.3 is 0 Å². The topological polar surface area (TPSA) is 55.2 Å². The largest absolute Gasteiger partial charge is 0.458 e. The third-order valence-electron chi connectivity index (χ3n) is 5.29. The zero-order valence-corrected chi connectivity index (χ0v) is 18.7. The maximum Gasteiger partial charge on any atom is 0.242 e. The highest BCUT2D eigenvalue weighted by molar-refractivity contribution is 5.67. The fourth-order valence-electron chi connectivity index (χ4n) is 3.79. The monoisotopic (exact) mass is 426 g/mol. The SMILES string of the molecule is Cc1cc(-c2ccc(OC(C)(C)F)cc2F)ccc1C(O)(c1cncnc1)C(C)(C)C. The molecule has 1 N–H and O–H groups in total. The molecule has 4 nitrogen and oxygen atoms in total. The molecule has 0 saturated heterocycles. The van der Waals surface area contributed by atoms with Gasteiger partial charge in [-0.25, -0.2) is 14.4 Å². The van der Waals surface area contributed by atoms with Crippen LogP contribution in [-0.4, -0.2) is 20.9 Å². The van der Waals surface area contributed by atoms with Crippen LogP contribution in [0.15, 0.2) is 55.1 Å². The number of halogens is 2. The van der Waals surface area contributed by atoms with Crippen LogP contribution in [0, 0.1) is 18.2 Å². The molecule has 164 valence electrons. The number of hydrogen-bond acceptors (Lipinski definition) is 4. The van der Waals surface area contributed by atoms with Gasteiger partial charge in [0.2, 0.25) is 5.85 Å². The Morgan fingerprint density at radius 1 is 0.935 bits per heavy atom. The van der Waals surface area contributed by atoms with Crippen LogP contribution in [0.4, 0.5) is 8.78 Å². The summed E-state index contributed by atoms with van der Waals surface area (Å²) in [4.78, 5) is 8.14. The molecule has 0 aliphatic carbocycles. The van der Waals surface area contributed by atoms with Gasteiger partial charge in [-0.15, -0.1) is 0 Å². The van der Waals surface area contributed by atoms with Crippen molar-refractivity contribution in [2.45, 2.75) is 53.0 Å². The Labute approximate surface area is 182 Å². The average molecular weight is 427 g/mol. The van der Waals surface area contributed by atoms with Crippen LogP contribution >= 0.6 is 0 Å². The molecule has 0 fully saturated rings. The molecule has 31 heavy (non-hydrogen) atoms. The van der Waals surface area contributed by atoms with Crippen molar-refractivity contribution in [3.05, 3.63) is 77.6 Å². The molecule has 2 aromatic carbocycles. The van der Waals surface area contributed by atoms with Crippen molar-refractivity contribution in [2.75, 3.05) is 0 Å². The normalized spacial score (nSPS) is 14.2. The average Bonchev–Trinajstić information content (AvgIpc) is 2.66. The molecule has 3 aromatic rings. The number of rotatable bonds is 5. The van der Waals surface area contributed by atoms with Gasteiger partial charge in [-0.2, -0.15) is 4.39 Å². The Morgan fingerprint density at radius 2 is 1.58 bits per heavy atom. The summed E-state index contributed by atoms with van der Waals surface area (Å²) in [5.41, 5.74) is 1.17. The smallest absolute Gasteiger partial charge is 0.242 e. The van der Waals surface area contributed by atoms with E-state index in [9.17, 15) is 13.9 Å². The standard InChI is InChI=1S/C25H28F2N2O2/c1-16-11-17(20-9-8-19(12-22(20)26)31-24(5,6)27)7-10-21(16)25(30,23(2,3)4)18-13-28-15-29-14-18/h7-15,30H,1-6H3. The molecule has 0 aliphatic heterocycles. The second-order valence-corrected chi connectivity index (χ2v) is 9.22. The molecule has 0 aliphatic rings. The van der Waals surface area contributed by atoms with Crippen LogP contribution in [0.2, 0.25) is 0 Å². The van der Waals surface area contributed by atoms with Crippen LogP contribution in [0.3, 0.4) is 0 Å². The molecule has 3 rings (SSSR count). The van der Waals surface area contributed by atoms with Gasteiger partial charge in [0.25, 0.3) is 0 Å². The zero-order chi connectivity index (χ0) is 23.0. The van der Waals surface area contributed by atoms with Gasteiger partial charge in [0.15, 0.2) is 0 Å². The summed E-state index contributed by atoms with van der Waals surface area (Å²) in [6.07, 6.45) is 4.63. The molecular weight excluding hydrogens is 398 g/mol. The Bertz CT molecular complexity index is 1070. The summed E-state index contributed by atoms with van der Waals surface area (Å²) in [5, 5.41) is 11.8. The lowest BCUT2D eigenvalue weighted by atomic mass is 9.68. The molecule has 0 radical (unpaired) electrons. The molecule has 1 unspecified atom stereocenters. The second-order valence-electron chi connectivity index (χ2n) is 9.22. The highest BCUT2D eigenvalue weighted by atomic mass is 19.2. The summed E-state index contributed by atoms with van der Waals surface area (Å²) in [5.74, 6) is -2.30. The molecular formula is C25H28F2N2O2. The number of benzene rings is 2. The zero-order valence-electron chi connectivity index (χ0n) is 18.7. The van der Waals surface area contributed by atoms with Gasteiger partial charge in [0.1, 0.15) is 23.5 Å². The van der Waals surface area contributed by atoms with E-state index in [0.717, 1.165) is 5.56 Å². The molecule has 0 spiro atoms. The van der Waals surface area contributed by atoms with Gasteiger partial charge in [0, 0.05) is 43.4 Å². The number of nitrogens with zero attached hydrogens (tertiary/aromatic N) is 2. The van der Waals surface area contributed by atoms with Crippen molar-refractivity contribution in [1.82, 2.24) is 9.97 Å². The van der Waals surface area contributed by atoms with E-state index in [0.29, 0.717) is 22.3 Å². The van der Waals surface area contributed by atoms with E-state index in [1.165, 1.54) is 32.3 Å². The minimum absolute atomic E-state index is 0.119. The number of aliphatic hydroxyl groups is 1. The lowest BCUT2D eigenvalue weighted by molar-refractivity contribution is -0.0270. The lowest BCUT2D eigenvalue weighted by Crippen LogP contribution is -2.42. The Balaban J connectivity index is 2.05. The van der Waals surface area contributed by atoms with E-state index in [1.54, 1.807) is 30.6 Å². The van der Waals surface area contributed by atoms with Crippen LogP contribution in [0.25, 0.3) is 11.1 Å². The van der Waals surface area contributed by atoms with E-state index in [4.69, 9.17) is 4.74 Å². The minimum atomic E-state index is -1.90. The highest BCUT2D eigenvalue weighted by Gasteiger charge is 2.44. The predicted octanol–water partition coefficient (Wildman–Crippen LogP) is 5.96. The van der Waals surface area contributed by atoms with E-state index in [-0.39, 0.29) is 5.75 Å². The number of aryl methyl sites for hydroxylation is 1. The highest BCUT2D eigenvalue weighted by Crippen LogP contribution is 2.46. The molecule has 0 bridgehead atoms. The molecule has 1 heterocycles. The fraction of sp³-hybridized carbons (Fsp3) is 0.360. The van der Waals surface area contributed by atoms with Gasteiger partial charge in [-0.05, 0) is 41.2 Å². The molecule has 0 amide bonds. The van der Waals surface area contributed by atoms with Gasteiger partial charge in [-0.3, -0.25) is 0 Å². The van der Waals surface area contributed by atoms with Crippen LogP contribution < -0.4 is 4.74 Å². The first-order valence-corrected chi connectivity index (χ1v) is 10.1. The summed E-state index contributed by atoms with van der Waals surface area (Å²) in [6.45, 7) is 10.2. The van der Waals surface area contributed by atoms with Crippen LogP contribution in [-0.2, 0) is 5.60 Å². The van der Waals surface area contributed by atoms with E-state index >= 15 is 0 Å². The van der Waals surface area contributed by atoms with Crippen LogP contribution in [0.1, 0.15) is 51.3 Å². The summed E-state index contributed by atoms with van der Waals surface area (Å²) >= 11 is 0. The Hall–Kier alpha value is -2.86. The molecule has 6 heteroatoms. The van der Waals surface area contributed by atoms with E-state index in [1.807, 2.05) is 33.8 Å². The summed E-state index contributed by atoms with van der Waals surface area (Å²) in [7, 11) is 0. The maximum atomic E-state index is 14.8. The quantitative estimate of drug-likeness (QED) is 0.547. The second kappa shape index (κ2) is 8.00. The third-order valence-corrected chi connectivity index (χ3v) is 5.29.